The van der Waals surface area contributed by atoms with Crippen LogP contribution in [0, 0.1) is 6.92 Å². The van der Waals surface area contributed by atoms with Gasteiger partial charge in [0.1, 0.15) is 17.4 Å². The standard InChI is InChI=1S/C10H14N6OS/c1-6-4-13-9(17-6)5-12-7-3-8(16-11)15-10(14-7)18-2/h3-4H,5,11H2,1-2H3,(H2,12,14,15,16). The highest BCUT2D eigenvalue weighted by molar-refractivity contribution is 7.98. The molecule has 2 aromatic rings. The number of rotatable bonds is 5. The summed E-state index contributed by atoms with van der Waals surface area (Å²) < 4.78 is 5.36. The molecule has 2 aromatic heterocycles. The van der Waals surface area contributed by atoms with Gasteiger partial charge in [0.15, 0.2) is 5.16 Å². The average Bonchev–Trinajstić information content (AvgIpc) is 2.81. The molecular weight excluding hydrogens is 252 g/mol. The number of nitrogens with one attached hydrogen (secondary N) is 2. The van der Waals surface area contributed by atoms with Crippen molar-refractivity contribution in [3.63, 3.8) is 0 Å². The molecule has 0 aliphatic carbocycles. The van der Waals surface area contributed by atoms with E-state index in [1.54, 1.807) is 12.3 Å². The van der Waals surface area contributed by atoms with Crippen molar-refractivity contribution in [3.05, 3.63) is 23.9 Å². The third-order valence-corrected chi connectivity index (χ3v) is 2.67. The molecule has 0 aliphatic heterocycles. The number of anilines is 2. The van der Waals surface area contributed by atoms with E-state index in [1.807, 2.05) is 13.2 Å². The number of nitrogens with zero attached hydrogens (tertiary/aromatic N) is 3. The molecule has 0 saturated carbocycles. The Balaban J connectivity index is 2.08. The molecule has 2 heterocycles. The molecule has 0 bridgehead atoms. The van der Waals surface area contributed by atoms with Crippen LogP contribution in [-0.4, -0.2) is 21.2 Å². The summed E-state index contributed by atoms with van der Waals surface area (Å²) in [4.78, 5) is 12.6. The summed E-state index contributed by atoms with van der Waals surface area (Å²) in [6.45, 7) is 2.31. The number of nitrogen functional groups attached to an aromatic ring is 1. The zero-order valence-corrected chi connectivity index (χ0v) is 10.9. The SMILES string of the molecule is CSc1nc(NN)cc(NCc2ncc(C)o2)n1. The summed E-state index contributed by atoms with van der Waals surface area (Å²) in [5.74, 6) is 7.96. The Morgan fingerprint density at radius 3 is 2.78 bits per heavy atom. The zero-order valence-electron chi connectivity index (χ0n) is 10.1. The zero-order chi connectivity index (χ0) is 13.0. The molecule has 0 aliphatic rings. The summed E-state index contributed by atoms with van der Waals surface area (Å²) in [6.07, 6.45) is 3.58. The Morgan fingerprint density at radius 1 is 1.39 bits per heavy atom. The first-order valence-corrected chi connectivity index (χ1v) is 6.48. The van der Waals surface area contributed by atoms with Gasteiger partial charge in [0, 0.05) is 6.07 Å². The van der Waals surface area contributed by atoms with Crippen molar-refractivity contribution in [2.75, 3.05) is 17.0 Å². The lowest BCUT2D eigenvalue weighted by molar-refractivity contribution is 0.478. The summed E-state index contributed by atoms with van der Waals surface area (Å²) in [5, 5.41) is 3.74. The fourth-order valence-corrected chi connectivity index (χ4v) is 1.71. The third kappa shape index (κ3) is 3.11. The summed E-state index contributed by atoms with van der Waals surface area (Å²) >= 11 is 1.44. The van der Waals surface area contributed by atoms with Crippen molar-refractivity contribution >= 4 is 23.4 Å². The van der Waals surface area contributed by atoms with Crippen LogP contribution >= 0.6 is 11.8 Å². The fraction of sp³-hybridized carbons (Fsp3) is 0.300. The molecule has 0 saturated heterocycles. The van der Waals surface area contributed by atoms with Gasteiger partial charge in [-0.2, -0.15) is 0 Å². The molecule has 96 valence electrons. The van der Waals surface area contributed by atoms with Crippen molar-refractivity contribution in [1.29, 1.82) is 0 Å². The highest BCUT2D eigenvalue weighted by Crippen LogP contribution is 2.17. The van der Waals surface area contributed by atoms with Crippen LogP contribution in [-0.2, 0) is 6.54 Å². The topological polar surface area (TPSA) is 102 Å². The van der Waals surface area contributed by atoms with Crippen molar-refractivity contribution in [1.82, 2.24) is 15.0 Å². The number of oxazole rings is 1. The van der Waals surface area contributed by atoms with E-state index in [0.29, 0.717) is 29.2 Å². The van der Waals surface area contributed by atoms with E-state index < -0.39 is 0 Å². The predicted molar refractivity (Wildman–Crippen MR) is 70.2 cm³/mol. The molecule has 0 amide bonds. The van der Waals surface area contributed by atoms with E-state index in [1.165, 1.54) is 11.8 Å². The Bertz CT molecular complexity index is 507. The largest absolute Gasteiger partial charge is 0.444 e. The lowest BCUT2D eigenvalue weighted by Gasteiger charge is -2.07. The number of thioether (sulfide) groups is 1. The fourth-order valence-electron chi connectivity index (χ4n) is 1.33. The van der Waals surface area contributed by atoms with Gasteiger partial charge in [0.05, 0.1) is 12.7 Å². The van der Waals surface area contributed by atoms with Gasteiger partial charge < -0.3 is 15.2 Å². The normalized spacial score (nSPS) is 10.4. The van der Waals surface area contributed by atoms with Crippen LogP contribution < -0.4 is 16.6 Å². The molecule has 0 unspecified atom stereocenters. The monoisotopic (exact) mass is 266 g/mol. The van der Waals surface area contributed by atoms with Crippen molar-refractivity contribution in [2.24, 2.45) is 5.84 Å². The van der Waals surface area contributed by atoms with Crippen LogP contribution in [0.4, 0.5) is 11.6 Å². The third-order valence-electron chi connectivity index (χ3n) is 2.13. The number of nitrogens with two attached hydrogens (primary N) is 1. The maximum atomic E-state index is 5.36. The molecule has 7 nitrogen and oxygen atoms in total. The molecule has 2 rings (SSSR count). The number of hydrogen-bond acceptors (Lipinski definition) is 8. The van der Waals surface area contributed by atoms with E-state index in [-0.39, 0.29) is 0 Å². The highest BCUT2D eigenvalue weighted by atomic mass is 32.2. The second-order valence-electron chi connectivity index (χ2n) is 3.49. The van der Waals surface area contributed by atoms with Gasteiger partial charge in [0.2, 0.25) is 5.89 Å². The average molecular weight is 266 g/mol. The summed E-state index contributed by atoms with van der Waals surface area (Å²) in [7, 11) is 0. The van der Waals surface area contributed by atoms with Gasteiger partial charge >= 0.3 is 0 Å². The van der Waals surface area contributed by atoms with Gasteiger partial charge in [-0.15, -0.1) is 0 Å². The number of aromatic nitrogens is 3. The van der Waals surface area contributed by atoms with E-state index in [0.717, 1.165) is 5.76 Å². The lowest BCUT2D eigenvalue weighted by atomic mass is 10.5. The van der Waals surface area contributed by atoms with Crippen LogP contribution in [0.3, 0.4) is 0 Å². The van der Waals surface area contributed by atoms with Crippen molar-refractivity contribution in [2.45, 2.75) is 18.6 Å². The van der Waals surface area contributed by atoms with Crippen LogP contribution in [0.15, 0.2) is 21.8 Å². The highest BCUT2D eigenvalue weighted by Gasteiger charge is 2.05. The quantitative estimate of drug-likeness (QED) is 0.323. The Hall–Kier alpha value is -1.80. The van der Waals surface area contributed by atoms with Gasteiger partial charge in [-0.1, -0.05) is 11.8 Å². The second-order valence-corrected chi connectivity index (χ2v) is 4.26. The first kappa shape index (κ1) is 12.7. The predicted octanol–water partition coefficient (Wildman–Crippen LogP) is 1.39. The summed E-state index contributed by atoms with van der Waals surface area (Å²) in [5.41, 5.74) is 2.50. The Kier molecular flexibility index (Phi) is 4.00. The lowest BCUT2D eigenvalue weighted by Crippen LogP contribution is -2.11. The number of hydrazine groups is 1. The molecule has 0 fully saturated rings. The second kappa shape index (κ2) is 5.69. The molecular formula is C10H14N6OS. The van der Waals surface area contributed by atoms with E-state index >= 15 is 0 Å². The first-order chi connectivity index (χ1) is 8.71. The van der Waals surface area contributed by atoms with E-state index in [9.17, 15) is 0 Å². The van der Waals surface area contributed by atoms with Crippen LogP contribution in [0.5, 0.6) is 0 Å². The van der Waals surface area contributed by atoms with Gasteiger partial charge in [-0.25, -0.2) is 20.8 Å². The minimum absolute atomic E-state index is 0.461. The molecule has 0 spiro atoms. The minimum atomic E-state index is 0.461. The van der Waals surface area contributed by atoms with Gasteiger partial charge in [-0.3, -0.25) is 0 Å². The Labute approximate surface area is 109 Å². The van der Waals surface area contributed by atoms with Crippen LogP contribution in [0.2, 0.25) is 0 Å². The van der Waals surface area contributed by atoms with E-state index in [4.69, 9.17) is 10.3 Å². The summed E-state index contributed by atoms with van der Waals surface area (Å²) in [6, 6.07) is 1.72. The van der Waals surface area contributed by atoms with Gasteiger partial charge in [-0.05, 0) is 13.2 Å². The molecule has 0 aromatic carbocycles. The first-order valence-electron chi connectivity index (χ1n) is 5.26. The smallest absolute Gasteiger partial charge is 0.213 e. The minimum Gasteiger partial charge on any atom is -0.444 e. The Morgan fingerprint density at radius 2 is 2.17 bits per heavy atom. The molecule has 8 heteroatoms. The molecule has 4 N–H and O–H groups in total. The number of hydrogen-bond donors (Lipinski definition) is 3. The van der Waals surface area contributed by atoms with Crippen molar-refractivity contribution in [3.8, 4) is 0 Å². The maximum Gasteiger partial charge on any atom is 0.213 e. The molecule has 0 radical (unpaired) electrons. The van der Waals surface area contributed by atoms with Crippen LogP contribution in [0.1, 0.15) is 11.7 Å². The number of aryl methyl sites for hydroxylation is 1. The van der Waals surface area contributed by atoms with E-state index in [2.05, 4.69) is 25.7 Å². The van der Waals surface area contributed by atoms with Crippen molar-refractivity contribution < 1.29 is 4.42 Å². The molecule has 0 atom stereocenters. The maximum absolute atomic E-state index is 5.36. The van der Waals surface area contributed by atoms with Gasteiger partial charge in [0.25, 0.3) is 0 Å². The molecule has 18 heavy (non-hydrogen) atoms. The van der Waals surface area contributed by atoms with Crippen LogP contribution in [0.25, 0.3) is 0 Å².